The molecule has 2 N–H and O–H groups in total. The topological polar surface area (TPSA) is 110 Å². The van der Waals surface area contributed by atoms with Gasteiger partial charge in [0.2, 0.25) is 0 Å². The van der Waals surface area contributed by atoms with Crippen LogP contribution in [0.25, 0.3) is 11.1 Å². The van der Waals surface area contributed by atoms with E-state index in [1.807, 2.05) is 18.2 Å². The van der Waals surface area contributed by atoms with Crippen molar-refractivity contribution in [3.8, 4) is 11.1 Å². The van der Waals surface area contributed by atoms with Crippen molar-refractivity contribution in [2.75, 3.05) is 18.5 Å². The molecule has 0 amide bonds. The first-order chi connectivity index (χ1) is 19.3. The van der Waals surface area contributed by atoms with Crippen LogP contribution in [0.5, 0.6) is 0 Å². The molecule has 0 aliphatic carbocycles. The van der Waals surface area contributed by atoms with E-state index in [0.717, 1.165) is 29.5 Å². The number of aromatic nitrogens is 2. The third-order valence-corrected chi connectivity index (χ3v) is 7.63. The Bertz CT molecular complexity index is 1510. The van der Waals surface area contributed by atoms with E-state index in [2.05, 4.69) is 63.3 Å². The number of carbonyl (C=O) groups excluding carboxylic acids is 1. The molecule has 0 aliphatic rings. The second-order valence-corrected chi connectivity index (χ2v) is 11.1. The van der Waals surface area contributed by atoms with Gasteiger partial charge in [0.1, 0.15) is 12.4 Å². The van der Waals surface area contributed by atoms with Crippen molar-refractivity contribution in [1.29, 1.82) is 0 Å². The molecule has 0 spiro atoms. The molecule has 0 aliphatic heterocycles. The van der Waals surface area contributed by atoms with E-state index in [0.29, 0.717) is 24.5 Å². The zero-order chi connectivity index (χ0) is 28.4. The number of hydrogen-bond acceptors (Lipinski definition) is 7. The Labute approximate surface area is 235 Å². The smallest absolute Gasteiger partial charge is 0.302 e. The average molecular weight is 559 g/mol. The first kappa shape index (κ1) is 28.9. The molecule has 40 heavy (non-hydrogen) atoms. The lowest BCUT2D eigenvalue weighted by Crippen LogP contribution is -2.31. The molecule has 9 heteroatoms. The fourth-order valence-corrected chi connectivity index (χ4v) is 5.50. The second kappa shape index (κ2) is 13.8. The summed E-state index contributed by atoms with van der Waals surface area (Å²) < 4.78 is 34.2. The van der Waals surface area contributed by atoms with E-state index in [-0.39, 0.29) is 17.6 Å². The highest BCUT2D eigenvalue weighted by Gasteiger charge is 2.24. The van der Waals surface area contributed by atoms with Crippen LogP contribution < -0.4 is 10.0 Å². The number of carbonyl (C=O) groups is 1. The van der Waals surface area contributed by atoms with Crippen LogP contribution >= 0.6 is 0 Å². The summed E-state index contributed by atoms with van der Waals surface area (Å²) in [5, 5.41) is 3.06. The van der Waals surface area contributed by atoms with Gasteiger partial charge in [0, 0.05) is 13.1 Å². The predicted octanol–water partition coefficient (Wildman–Crippen LogP) is 5.33. The molecule has 1 atom stereocenters. The summed E-state index contributed by atoms with van der Waals surface area (Å²) in [5.41, 5.74) is 5.06. The lowest BCUT2D eigenvalue weighted by atomic mass is 9.98. The van der Waals surface area contributed by atoms with Gasteiger partial charge >= 0.3 is 5.97 Å². The molecule has 4 rings (SSSR count). The Balaban J connectivity index is 1.57. The fourth-order valence-electron chi connectivity index (χ4n) is 4.34. The molecule has 4 aromatic rings. The Hall–Kier alpha value is -4.08. The van der Waals surface area contributed by atoms with Crippen molar-refractivity contribution in [2.24, 2.45) is 0 Å². The maximum atomic E-state index is 13.2. The quantitative estimate of drug-likeness (QED) is 0.168. The molecular formula is C31H34N4O4S. The van der Waals surface area contributed by atoms with E-state index in [1.54, 1.807) is 24.3 Å². The summed E-state index contributed by atoms with van der Waals surface area (Å²) in [7, 11) is -3.91. The summed E-state index contributed by atoms with van der Waals surface area (Å²) in [6.45, 7) is 4.10. The highest BCUT2D eigenvalue weighted by atomic mass is 32.2. The number of hydrogen-bond donors (Lipinski definition) is 2. The number of pyridine rings is 2. The van der Waals surface area contributed by atoms with Gasteiger partial charge in [-0.1, -0.05) is 74.0 Å². The van der Waals surface area contributed by atoms with Crippen molar-refractivity contribution in [3.05, 3.63) is 108 Å². The van der Waals surface area contributed by atoms with E-state index >= 15 is 0 Å². The van der Waals surface area contributed by atoms with Crippen molar-refractivity contribution in [2.45, 2.75) is 44.2 Å². The number of benzene rings is 2. The van der Waals surface area contributed by atoms with Gasteiger partial charge in [0.15, 0.2) is 5.03 Å². The lowest BCUT2D eigenvalue weighted by Gasteiger charge is -2.19. The normalized spacial score (nSPS) is 12.1. The number of ether oxygens (including phenoxy) is 1. The Morgan fingerprint density at radius 1 is 0.925 bits per heavy atom. The van der Waals surface area contributed by atoms with Crippen LogP contribution in [0.1, 0.15) is 43.1 Å². The molecule has 0 bridgehead atoms. The SMILES string of the molecule is CCCc1cccc(-c2ccc(CC(NS(=O)(=O)c3ccccn3)c3cccc(NCCOC(C)=O)n3)cc2)c1. The molecule has 0 saturated heterocycles. The number of esters is 1. The Kier molecular flexibility index (Phi) is 9.99. The molecule has 0 radical (unpaired) electrons. The first-order valence-electron chi connectivity index (χ1n) is 13.3. The monoisotopic (exact) mass is 558 g/mol. The van der Waals surface area contributed by atoms with Gasteiger partial charge in [0.25, 0.3) is 10.0 Å². The van der Waals surface area contributed by atoms with Crippen LogP contribution in [0.2, 0.25) is 0 Å². The summed E-state index contributed by atoms with van der Waals surface area (Å²) in [6.07, 6.45) is 3.96. The van der Waals surface area contributed by atoms with Crippen LogP contribution in [0.4, 0.5) is 5.82 Å². The van der Waals surface area contributed by atoms with Gasteiger partial charge in [-0.15, -0.1) is 0 Å². The third-order valence-electron chi connectivity index (χ3n) is 6.24. The van der Waals surface area contributed by atoms with Gasteiger partial charge in [-0.05, 0) is 59.4 Å². The molecule has 2 aromatic heterocycles. The van der Waals surface area contributed by atoms with Crippen molar-refractivity contribution < 1.29 is 17.9 Å². The minimum atomic E-state index is -3.91. The average Bonchev–Trinajstić information content (AvgIpc) is 2.96. The number of sulfonamides is 1. The summed E-state index contributed by atoms with van der Waals surface area (Å²) in [6, 6.07) is 26.2. The number of aryl methyl sites for hydroxylation is 1. The van der Waals surface area contributed by atoms with Crippen LogP contribution in [-0.2, 0) is 32.4 Å². The van der Waals surface area contributed by atoms with E-state index < -0.39 is 16.1 Å². The van der Waals surface area contributed by atoms with Crippen LogP contribution in [-0.4, -0.2) is 37.5 Å². The number of anilines is 1. The predicted molar refractivity (Wildman–Crippen MR) is 156 cm³/mol. The van der Waals surface area contributed by atoms with E-state index in [9.17, 15) is 13.2 Å². The standard InChI is InChI=1S/C31H34N4O4S/c1-3-8-24-9-6-10-27(21-24)26-16-14-25(15-17-26)22-29(35-40(37,38)31-13-4-5-18-33-31)28-11-7-12-30(34-28)32-19-20-39-23(2)36/h4-7,9-18,21,29,35H,3,8,19-20,22H2,1-2H3,(H,32,34). The molecule has 0 fully saturated rings. The van der Waals surface area contributed by atoms with Gasteiger partial charge in [-0.2, -0.15) is 0 Å². The highest BCUT2D eigenvalue weighted by molar-refractivity contribution is 7.89. The Morgan fingerprint density at radius 2 is 1.73 bits per heavy atom. The largest absolute Gasteiger partial charge is 0.464 e. The molecule has 208 valence electrons. The van der Waals surface area contributed by atoms with Gasteiger partial charge < -0.3 is 10.1 Å². The number of nitrogens with zero attached hydrogens (tertiary/aromatic N) is 2. The summed E-state index contributed by atoms with van der Waals surface area (Å²) >= 11 is 0. The molecular weight excluding hydrogens is 524 g/mol. The number of rotatable bonds is 13. The highest BCUT2D eigenvalue weighted by Crippen LogP contribution is 2.25. The second-order valence-electron chi connectivity index (χ2n) is 9.41. The van der Waals surface area contributed by atoms with Crippen LogP contribution in [0.15, 0.2) is 96.2 Å². The minimum Gasteiger partial charge on any atom is -0.464 e. The van der Waals surface area contributed by atoms with Crippen molar-refractivity contribution in [1.82, 2.24) is 14.7 Å². The molecule has 2 heterocycles. The van der Waals surface area contributed by atoms with Crippen LogP contribution in [0.3, 0.4) is 0 Å². The van der Waals surface area contributed by atoms with Gasteiger partial charge in [-0.3, -0.25) is 4.79 Å². The van der Waals surface area contributed by atoms with Gasteiger partial charge in [0.05, 0.1) is 18.3 Å². The Morgan fingerprint density at radius 3 is 2.45 bits per heavy atom. The van der Waals surface area contributed by atoms with E-state index in [1.165, 1.54) is 24.8 Å². The van der Waals surface area contributed by atoms with Crippen molar-refractivity contribution >= 4 is 21.8 Å². The maximum absolute atomic E-state index is 13.2. The first-order valence-corrected chi connectivity index (χ1v) is 14.8. The zero-order valence-corrected chi connectivity index (χ0v) is 23.5. The van der Waals surface area contributed by atoms with Crippen molar-refractivity contribution in [3.63, 3.8) is 0 Å². The summed E-state index contributed by atoms with van der Waals surface area (Å²) in [4.78, 5) is 19.7. The molecule has 0 saturated carbocycles. The minimum absolute atomic E-state index is 0.0574. The zero-order valence-electron chi connectivity index (χ0n) is 22.7. The molecule has 8 nitrogen and oxygen atoms in total. The molecule has 2 aromatic carbocycles. The fraction of sp³-hybridized carbons (Fsp3) is 0.258. The van der Waals surface area contributed by atoms with E-state index in [4.69, 9.17) is 4.74 Å². The third kappa shape index (κ3) is 8.21. The summed E-state index contributed by atoms with van der Waals surface area (Å²) in [5.74, 6) is 0.196. The van der Waals surface area contributed by atoms with Gasteiger partial charge in [-0.25, -0.2) is 23.1 Å². The lowest BCUT2D eigenvalue weighted by molar-refractivity contribution is -0.140. The molecule has 1 unspecified atom stereocenters. The maximum Gasteiger partial charge on any atom is 0.302 e. The van der Waals surface area contributed by atoms with Crippen LogP contribution in [0, 0.1) is 0 Å². The number of nitrogens with one attached hydrogen (secondary N) is 2.